The van der Waals surface area contributed by atoms with Crippen LogP contribution in [0, 0.1) is 0 Å². The van der Waals surface area contributed by atoms with Crippen LogP contribution in [0.2, 0.25) is 5.02 Å². The van der Waals surface area contributed by atoms with Gasteiger partial charge >= 0.3 is 0 Å². The molecule has 156 valence electrons. The number of carbonyl (C=O) groups excluding carboxylic acids is 1. The first-order valence-corrected chi connectivity index (χ1v) is 10.6. The molecule has 0 radical (unpaired) electrons. The molecule has 3 aromatic carbocycles. The minimum Gasteiger partial charge on any atom is -0.493 e. The van der Waals surface area contributed by atoms with Crippen molar-refractivity contribution in [2.24, 2.45) is 0 Å². The van der Waals surface area contributed by atoms with E-state index in [1.807, 2.05) is 86.6 Å². The normalized spacial score (nSPS) is 11.8. The topological polar surface area (TPSA) is 51.2 Å². The molecule has 4 aromatic rings. The van der Waals surface area contributed by atoms with Crippen molar-refractivity contribution in [3.8, 4) is 17.0 Å². The number of fused-ring (bicyclic) bond motifs is 1. The van der Waals surface area contributed by atoms with Crippen LogP contribution in [0.25, 0.3) is 22.2 Å². The van der Waals surface area contributed by atoms with Gasteiger partial charge in [0.2, 0.25) is 0 Å². The number of nitrogens with zero attached hydrogens (tertiary/aromatic N) is 1. The molecule has 0 saturated heterocycles. The average Bonchev–Trinajstić information content (AvgIpc) is 2.79. The van der Waals surface area contributed by atoms with Crippen LogP contribution in [0.15, 0.2) is 78.9 Å². The summed E-state index contributed by atoms with van der Waals surface area (Å²) in [4.78, 5) is 17.6. The minimum absolute atomic E-state index is 0.0981. The van der Waals surface area contributed by atoms with Gasteiger partial charge in [0, 0.05) is 27.6 Å². The number of amides is 1. The Morgan fingerprint density at radius 1 is 1.03 bits per heavy atom. The molecule has 0 unspecified atom stereocenters. The lowest BCUT2D eigenvalue weighted by molar-refractivity contribution is 0.0940. The molecule has 0 aliphatic rings. The summed E-state index contributed by atoms with van der Waals surface area (Å²) in [7, 11) is 0. The van der Waals surface area contributed by atoms with Gasteiger partial charge in [-0.2, -0.15) is 0 Å². The lowest BCUT2D eigenvalue weighted by atomic mass is 10.0. The molecule has 0 fully saturated rings. The van der Waals surface area contributed by atoms with Crippen LogP contribution >= 0.6 is 11.6 Å². The van der Waals surface area contributed by atoms with E-state index in [4.69, 9.17) is 21.3 Å². The van der Waals surface area contributed by atoms with Crippen molar-refractivity contribution in [3.63, 3.8) is 0 Å². The Labute approximate surface area is 186 Å². The maximum atomic E-state index is 12.9. The zero-order valence-electron chi connectivity index (χ0n) is 17.4. The van der Waals surface area contributed by atoms with E-state index in [0.717, 1.165) is 27.7 Å². The minimum atomic E-state index is -0.139. The predicted octanol–water partition coefficient (Wildman–Crippen LogP) is 6.44. The molecule has 1 amide bonds. The van der Waals surface area contributed by atoms with Gasteiger partial charge in [0.15, 0.2) is 0 Å². The van der Waals surface area contributed by atoms with Gasteiger partial charge in [0.1, 0.15) is 5.75 Å². The summed E-state index contributed by atoms with van der Waals surface area (Å²) in [5.74, 6) is 0.549. The van der Waals surface area contributed by atoms with Crippen LogP contribution in [0.1, 0.15) is 35.8 Å². The second kappa shape index (κ2) is 9.19. The lowest BCUT2D eigenvalue weighted by Crippen LogP contribution is -2.26. The van der Waals surface area contributed by atoms with Crippen molar-refractivity contribution in [1.29, 1.82) is 0 Å². The van der Waals surface area contributed by atoms with Gasteiger partial charge < -0.3 is 10.1 Å². The molecule has 31 heavy (non-hydrogen) atoms. The fourth-order valence-electron chi connectivity index (χ4n) is 3.51. The first-order valence-electron chi connectivity index (χ1n) is 10.2. The predicted molar refractivity (Wildman–Crippen MR) is 126 cm³/mol. The number of hydrogen-bond donors (Lipinski definition) is 1. The van der Waals surface area contributed by atoms with Crippen molar-refractivity contribution in [3.05, 3.63) is 95.0 Å². The summed E-state index contributed by atoms with van der Waals surface area (Å²) in [6, 6.07) is 24.7. The zero-order valence-corrected chi connectivity index (χ0v) is 18.2. The monoisotopic (exact) mass is 430 g/mol. The van der Waals surface area contributed by atoms with Gasteiger partial charge in [-0.15, -0.1) is 0 Å². The van der Waals surface area contributed by atoms with E-state index in [9.17, 15) is 4.79 Å². The quantitative estimate of drug-likeness (QED) is 0.382. The first-order chi connectivity index (χ1) is 15.0. The molecule has 5 heteroatoms. The second-order valence-corrected chi connectivity index (χ2v) is 7.72. The molecule has 0 bridgehead atoms. The number of ether oxygens (including phenoxy) is 1. The van der Waals surface area contributed by atoms with E-state index < -0.39 is 0 Å². The molecule has 4 nitrogen and oxygen atoms in total. The molecule has 0 spiro atoms. The maximum absolute atomic E-state index is 12.9. The van der Waals surface area contributed by atoms with E-state index in [0.29, 0.717) is 22.9 Å². The van der Waals surface area contributed by atoms with Gasteiger partial charge in [0.25, 0.3) is 5.91 Å². The van der Waals surface area contributed by atoms with Gasteiger partial charge in [-0.25, -0.2) is 4.98 Å². The van der Waals surface area contributed by atoms with E-state index in [-0.39, 0.29) is 11.9 Å². The lowest BCUT2D eigenvalue weighted by Gasteiger charge is -2.15. The molecular formula is C26H23ClN2O2. The molecular weight excluding hydrogens is 408 g/mol. The van der Waals surface area contributed by atoms with Gasteiger partial charge in [-0.3, -0.25) is 4.79 Å². The standard InChI is InChI=1S/C26H23ClN2O2/c1-3-31-25-16-24(19-10-7-11-21(27)14-19)29-23-13-12-20(15-22(23)25)26(30)28-17(2)18-8-5-4-6-9-18/h4-17H,3H2,1-2H3,(H,28,30)/t17-/m0/s1. The number of halogens is 1. The number of nitrogens with one attached hydrogen (secondary N) is 1. The van der Waals surface area contributed by atoms with Crippen LogP contribution in [0.5, 0.6) is 5.75 Å². The Hall–Kier alpha value is -3.37. The van der Waals surface area contributed by atoms with Gasteiger partial charge in [-0.05, 0) is 49.7 Å². The van der Waals surface area contributed by atoms with E-state index in [2.05, 4.69) is 5.32 Å². The fraction of sp³-hybridized carbons (Fsp3) is 0.154. The van der Waals surface area contributed by atoms with Crippen LogP contribution in [-0.2, 0) is 0 Å². The van der Waals surface area contributed by atoms with E-state index in [1.165, 1.54) is 0 Å². The van der Waals surface area contributed by atoms with Crippen LogP contribution in [0.3, 0.4) is 0 Å². The summed E-state index contributed by atoms with van der Waals surface area (Å²) in [6.07, 6.45) is 0. The smallest absolute Gasteiger partial charge is 0.251 e. The first kappa shape index (κ1) is 20.9. The highest BCUT2D eigenvalue weighted by atomic mass is 35.5. The summed E-state index contributed by atoms with van der Waals surface area (Å²) in [6.45, 7) is 4.41. The largest absolute Gasteiger partial charge is 0.493 e. The van der Waals surface area contributed by atoms with Crippen molar-refractivity contribution in [2.45, 2.75) is 19.9 Å². The number of hydrogen-bond acceptors (Lipinski definition) is 3. The van der Waals surface area contributed by atoms with Gasteiger partial charge in [-0.1, -0.05) is 54.1 Å². The Kier molecular flexibility index (Phi) is 6.19. The third kappa shape index (κ3) is 4.70. The summed E-state index contributed by atoms with van der Waals surface area (Å²) >= 11 is 6.15. The Balaban J connectivity index is 1.68. The SMILES string of the molecule is CCOc1cc(-c2cccc(Cl)c2)nc2ccc(C(=O)N[C@@H](C)c3ccccc3)cc12. The average molecular weight is 431 g/mol. The number of benzene rings is 3. The van der Waals surface area contributed by atoms with E-state index >= 15 is 0 Å². The molecule has 0 aliphatic carbocycles. The number of aromatic nitrogens is 1. The van der Waals surface area contributed by atoms with Crippen LogP contribution < -0.4 is 10.1 Å². The highest BCUT2D eigenvalue weighted by Crippen LogP contribution is 2.32. The number of carbonyl (C=O) groups is 1. The Bertz CT molecular complexity index is 1220. The number of pyridine rings is 1. The summed E-state index contributed by atoms with van der Waals surface area (Å²) < 4.78 is 5.89. The van der Waals surface area contributed by atoms with Crippen molar-refractivity contribution >= 4 is 28.4 Å². The molecule has 0 saturated carbocycles. The Morgan fingerprint density at radius 2 is 1.84 bits per heavy atom. The molecule has 1 atom stereocenters. The second-order valence-electron chi connectivity index (χ2n) is 7.29. The maximum Gasteiger partial charge on any atom is 0.251 e. The summed E-state index contributed by atoms with van der Waals surface area (Å²) in [5, 5.41) is 4.51. The molecule has 1 heterocycles. The van der Waals surface area contributed by atoms with Crippen molar-refractivity contribution in [1.82, 2.24) is 10.3 Å². The fourth-order valence-corrected chi connectivity index (χ4v) is 3.70. The third-order valence-electron chi connectivity index (χ3n) is 5.10. The number of rotatable bonds is 6. The molecule has 1 aromatic heterocycles. The summed E-state index contributed by atoms with van der Waals surface area (Å²) in [5.41, 5.74) is 4.06. The van der Waals surface area contributed by atoms with Gasteiger partial charge in [0.05, 0.1) is 23.9 Å². The molecule has 4 rings (SSSR count). The van der Waals surface area contributed by atoms with Crippen molar-refractivity contribution < 1.29 is 9.53 Å². The third-order valence-corrected chi connectivity index (χ3v) is 5.34. The van der Waals surface area contributed by atoms with Crippen LogP contribution in [0.4, 0.5) is 0 Å². The Morgan fingerprint density at radius 3 is 2.58 bits per heavy atom. The highest BCUT2D eigenvalue weighted by Gasteiger charge is 2.15. The molecule has 0 aliphatic heterocycles. The highest BCUT2D eigenvalue weighted by molar-refractivity contribution is 6.30. The van der Waals surface area contributed by atoms with Crippen LogP contribution in [-0.4, -0.2) is 17.5 Å². The molecule has 1 N–H and O–H groups in total. The zero-order chi connectivity index (χ0) is 21.8. The van der Waals surface area contributed by atoms with E-state index in [1.54, 1.807) is 6.07 Å². The van der Waals surface area contributed by atoms with Crippen molar-refractivity contribution in [2.75, 3.05) is 6.61 Å².